The number of aromatic carboxylic acids is 1. The summed E-state index contributed by atoms with van der Waals surface area (Å²) in [5.74, 6) is -0.880. The van der Waals surface area contributed by atoms with Crippen LogP contribution in [0.2, 0.25) is 0 Å². The van der Waals surface area contributed by atoms with E-state index in [2.05, 4.69) is 47.5 Å². The largest absolute Gasteiger partial charge is 0.478 e. The van der Waals surface area contributed by atoms with Crippen molar-refractivity contribution in [1.29, 1.82) is 0 Å². The third kappa shape index (κ3) is 4.47. The van der Waals surface area contributed by atoms with Gasteiger partial charge in [-0.15, -0.1) is 0 Å². The lowest BCUT2D eigenvalue weighted by Gasteiger charge is -2.35. The molecule has 1 fully saturated rings. The Kier molecular flexibility index (Phi) is 5.51. The molecule has 1 aliphatic heterocycles. The lowest BCUT2D eigenvalue weighted by molar-refractivity contribution is 0.0697. The maximum atomic E-state index is 10.9. The molecule has 25 heavy (non-hydrogen) atoms. The molecule has 4 heteroatoms. The topological polar surface area (TPSA) is 52.6 Å². The number of carboxylic acids is 1. The fraction of sp³-hybridized carbons (Fsp3) is 0.381. The zero-order valence-electron chi connectivity index (χ0n) is 14.7. The lowest BCUT2D eigenvalue weighted by Crippen LogP contribution is -2.48. The van der Waals surface area contributed by atoms with Gasteiger partial charge < -0.3 is 10.4 Å². The van der Waals surface area contributed by atoms with Gasteiger partial charge in [-0.05, 0) is 49.6 Å². The molecular weight excluding hydrogens is 312 g/mol. The third-order valence-corrected chi connectivity index (χ3v) is 5.16. The second-order valence-electron chi connectivity index (χ2n) is 7.11. The zero-order valence-corrected chi connectivity index (χ0v) is 14.7. The van der Waals surface area contributed by atoms with Gasteiger partial charge in [0.1, 0.15) is 0 Å². The molecule has 0 aromatic heterocycles. The van der Waals surface area contributed by atoms with Gasteiger partial charge >= 0.3 is 5.97 Å². The number of nitrogens with zero attached hydrogens (tertiary/aromatic N) is 1. The van der Waals surface area contributed by atoms with E-state index in [-0.39, 0.29) is 5.54 Å². The number of hydrogen-bond acceptors (Lipinski definition) is 3. The van der Waals surface area contributed by atoms with Gasteiger partial charge in [0, 0.05) is 25.2 Å². The standard InChI is InChI=1S/C21H26N2O2/c1-21(12-5-13-23(21)15-18-6-3-2-4-7-18)16-22-14-17-8-10-19(11-9-17)20(24)25/h2-4,6-11,22H,5,12-16H2,1H3,(H,24,25). The minimum absolute atomic E-state index is 0.164. The summed E-state index contributed by atoms with van der Waals surface area (Å²) < 4.78 is 0. The van der Waals surface area contributed by atoms with Crippen LogP contribution >= 0.6 is 0 Å². The van der Waals surface area contributed by atoms with Crippen molar-refractivity contribution in [3.05, 3.63) is 71.3 Å². The van der Waals surface area contributed by atoms with Crippen molar-refractivity contribution < 1.29 is 9.90 Å². The lowest BCUT2D eigenvalue weighted by atomic mass is 9.98. The Labute approximate surface area is 149 Å². The van der Waals surface area contributed by atoms with Crippen LogP contribution in [0.5, 0.6) is 0 Å². The van der Waals surface area contributed by atoms with Crippen LogP contribution in [0, 0.1) is 0 Å². The molecule has 132 valence electrons. The SMILES string of the molecule is CC1(CNCc2ccc(C(=O)O)cc2)CCCN1Cc1ccccc1. The average Bonchev–Trinajstić information content (AvgIpc) is 2.97. The highest BCUT2D eigenvalue weighted by Crippen LogP contribution is 2.30. The third-order valence-electron chi connectivity index (χ3n) is 5.16. The normalized spacial score (nSPS) is 20.7. The van der Waals surface area contributed by atoms with Gasteiger partial charge in [-0.1, -0.05) is 42.5 Å². The number of benzene rings is 2. The first-order valence-corrected chi connectivity index (χ1v) is 8.89. The second kappa shape index (κ2) is 7.81. The number of nitrogens with one attached hydrogen (secondary N) is 1. The zero-order chi connectivity index (χ0) is 17.7. The molecule has 1 atom stereocenters. The van der Waals surface area contributed by atoms with E-state index in [1.165, 1.54) is 18.4 Å². The highest BCUT2D eigenvalue weighted by molar-refractivity contribution is 5.87. The summed E-state index contributed by atoms with van der Waals surface area (Å²) in [7, 11) is 0. The van der Waals surface area contributed by atoms with Gasteiger partial charge in [0.05, 0.1) is 5.56 Å². The van der Waals surface area contributed by atoms with Crippen molar-refractivity contribution >= 4 is 5.97 Å². The summed E-state index contributed by atoms with van der Waals surface area (Å²) in [6, 6.07) is 17.7. The Bertz CT molecular complexity index is 700. The molecule has 0 aliphatic carbocycles. The summed E-state index contributed by atoms with van der Waals surface area (Å²) >= 11 is 0. The monoisotopic (exact) mass is 338 g/mol. The maximum absolute atomic E-state index is 10.9. The van der Waals surface area contributed by atoms with Crippen LogP contribution in [-0.2, 0) is 13.1 Å². The minimum Gasteiger partial charge on any atom is -0.478 e. The van der Waals surface area contributed by atoms with Crippen molar-refractivity contribution in [3.63, 3.8) is 0 Å². The fourth-order valence-corrected chi connectivity index (χ4v) is 3.59. The average molecular weight is 338 g/mol. The van der Waals surface area contributed by atoms with Crippen LogP contribution < -0.4 is 5.32 Å². The molecule has 2 aromatic rings. The van der Waals surface area contributed by atoms with Gasteiger partial charge in [-0.3, -0.25) is 4.90 Å². The van der Waals surface area contributed by atoms with E-state index in [1.54, 1.807) is 12.1 Å². The van der Waals surface area contributed by atoms with E-state index >= 15 is 0 Å². The number of carbonyl (C=O) groups is 1. The van der Waals surface area contributed by atoms with Crippen LogP contribution in [-0.4, -0.2) is 34.6 Å². The molecule has 2 N–H and O–H groups in total. The van der Waals surface area contributed by atoms with Gasteiger partial charge in [0.2, 0.25) is 0 Å². The van der Waals surface area contributed by atoms with Crippen molar-refractivity contribution in [2.75, 3.05) is 13.1 Å². The van der Waals surface area contributed by atoms with Crippen molar-refractivity contribution in [1.82, 2.24) is 10.2 Å². The van der Waals surface area contributed by atoms with Crippen molar-refractivity contribution in [2.45, 2.75) is 38.4 Å². The molecule has 0 bridgehead atoms. The fourth-order valence-electron chi connectivity index (χ4n) is 3.59. The van der Waals surface area contributed by atoms with E-state index < -0.39 is 5.97 Å². The minimum atomic E-state index is -0.880. The van der Waals surface area contributed by atoms with Gasteiger partial charge in [0.15, 0.2) is 0 Å². The van der Waals surface area contributed by atoms with Crippen LogP contribution in [0.4, 0.5) is 0 Å². The molecule has 2 aromatic carbocycles. The van der Waals surface area contributed by atoms with Gasteiger partial charge in [0.25, 0.3) is 0 Å². The summed E-state index contributed by atoms with van der Waals surface area (Å²) in [5.41, 5.74) is 2.97. The Morgan fingerprint density at radius 2 is 1.84 bits per heavy atom. The molecular formula is C21H26N2O2. The van der Waals surface area contributed by atoms with Crippen molar-refractivity contribution in [3.8, 4) is 0 Å². The summed E-state index contributed by atoms with van der Waals surface area (Å²) in [5, 5.41) is 12.5. The van der Waals surface area contributed by atoms with E-state index in [1.807, 2.05) is 12.1 Å². The molecule has 0 saturated carbocycles. The van der Waals surface area contributed by atoms with Crippen LogP contribution in [0.3, 0.4) is 0 Å². The smallest absolute Gasteiger partial charge is 0.335 e. The Balaban J connectivity index is 1.54. The predicted octanol–water partition coefficient (Wildman–Crippen LogP) is 3.53. The highest BCUT2D eigenvalue weighted by Gasteiger charge is 2.35. The molecule has 1 unspecified atom stereocenters. The maximum Gasteiger partial charge on any atom is 0.335 e. The quantitative estimate of drug-likeness (QED) is 0.811. The van der Waals surface area contributed by atoms with E-state index in [0.717, 1.165) is 31.7 Å². The first-order valence-electron chi connectivity index (χ1n) is 8.89. The Morgan fingerprint density at radius 1 is 1.12 bits per heavy atom. The van der Waals surface area contributed by atoms with Crippen LogP contribution in [0.25, 0.3) is 0 Å². The number of hydrogen-bond donors (Lipinski definition) is 2. The van der Waals surface area contributed by atoms with Gasteiger partial charge in [-0.25, -0.2) is 4.79 Å². The summed E-state index contributed by atoms with van der Waals surface area (Å²) in [6.45, 7) is 6.16. The Morgan fingerprint density at radius 3 is 2.52 bits per heavy atom. The molecule has 4 nitrogen and oxygen atoms in total. The summed E-state index contributed by atoms with van der Waals surface area (Å²) in [6.07, 6.45) is 2.43. The molecule has 1 aliphatic rings. The highest BCUT2D eigenvalue weighted by atomic mass is 16.4. The molecule has 0 radical (unpaired) electrons. The van der Waals surface area contributed by atoms with Gasteiger partial charge in [-0.2, -0.15) is 0 Å². The summed E-state index contributed by atoms with van der Waals surface area (Å²) in [4.78, 5) is 13.5. The van der Waals surface area contributed by atoms with E-state index in [4.69, 9.17) is 5.11 Å². The molecule has 1 heterocycles. The number of likely N-dealkylation sites (tertiary alicyclic amines) is 1. The van der Waals surface area contributed by atoms with Crippen LogP contribution in [0.1, 0.15) is 41.3 Å². The predicted molar refractivity (Wildman–Crippen MR) is 99.6 cm³/mol. The Hall–Kier alpha value is -2.17. The van der Waals surface area contributed by atoms with E-state index in [9.17, 15) is 4.79 Å². The molecule has 1 saturated heterocycles. The number of rotatable bonds is 7. The molecule has 3 rings (SSSR count). The van der Waals surface area contributed by atoms with Crippen LogP contribution in [0.15, 0.2) is 54.6 Å². The first kappa shape index (κ1) is 17.6. The second-order valence-corrected chi connectivity index (χ2v) is 7.11. The molecule has 0 amide bonds. The van der Waals surface area contributed by atoms with Crippen molar-refractivity contribution in [2.24, 2.45) is 0 Å². The first-order chi connectivity index (χ1) is 12.1. The number of carboxylic acid groups (broad SMARTS) is 1. The van der Waals surface area contributed by atoms with E-state index in [0.29, 0.717) is 5.56 Å². The molecule has 0 spiro atoms.